The Kier molecular flexibility index (Phi) is 3.95. The zero-order chi connectivity index (χ0) is 13.2. The van der Waals surface area contributed by atoms with Crippen molar-refractivity contribution in [1.82, 2.24) is 9.55 Å². The maximum absolute atomic E-state index is 5.79. The van der Waals surface area contributed by atoms with Crippen LogP contribution < -0.4 is 5.32 Å². The first-order valence-electron chi connectivity index (χ1n) is 6.90. The van der Waals surface area contributed by atoms with Crippen LogP contribution in [0.3, 0.4) is 0 Å². The van der Waals surface area contributed by atoms with E-state index < -0.39 is 0 Å². The molecule has 0 radical (unpaired) electrons. The Morgan fingerprint density at radius 1 is 1.56 bits per heavy atom. The van der Waals surface area contributed by atoms with E-state index in [0.29, 0.717) is 5.92 Å². The molecule has 1 aliphatic heterocycles. The van der Waals surface area contributed by atoms with Gasteiger partial charge in [-0.2, -0.15) is 0 Å². The van der Waals surface area contributed by atoms with Crippen LogP contribution >= 0.6 is 0 Å². The maximum Gasteiger partial charge on any atom is 0.203 e. The van der Waals surface area contributed by atoms with E-state index in [0.717, 1.165) is 44.2 Å². The van der Waals surface area contributed by atoms with E-state index in [4.69, 9.17) is 4.74 Å². The molecule has 0 aromatic carbocycles. The van der Waals surface area contributed by atoms with Gasteiger partial charge >= 0.3 is 0 Å². The van der Waals surface area contributed by atoms with Crippen molar-refractivity contribution in [3.63, 3.8) is 0 Å². The molecule has 0 bridgehead atoms. The van der Waals surface area contributed by atoms with Crippen LogP contribution in [-0.4, -0.2) is 28.3 Å². The number of rotatable bonds is 5. The molecule has 0 spiro atoms. The summed E-state index contributed by atoms with van der Waals surface area (Å²) in [7, 11) is 0. The third-order valence-corrected chi connectivity index (χ3v) is 3.38. The number of aromatic nitrogens is 2. The zero-order valence-corrected chi connectivity index (χ0v) is 12.0. The Morgan fingerprint density at radius 2 is 2.33 bits per heavy atom. The van der Waals surface area contributed by atoms with Gasteiger partial charge in [0.1, 0.15) is 0 Å². The summed E-state index contributed by atoms with van der Waals surface area (Å²) in [6, 6.07) is 0. The molecule has 1 aromatic heterocycles. The van der Waals surface area contributed by atoms with Gasteiger partial charge in [-0.3, -0.25) is 0 Å². The highest BCUT2D eigenvalue weighted by molar-refractivity contribution is 5.29. The van der Waals surface area contributed by atoms with Crippen LogP contribution in [0.1, 0.15) is 39.3 Å². The van der Waals surface area contributed by atoms with E-state index in [2.05, 4.69) is 41.8 Å². The average Bonchev–Trinajstić information content (AvgIpc) is 2.83. The zero-order valence-electron chi connectivity index (χ0n) is 12.0. The minimum atomic E-state index is -0.0253. The van der Waals surface area contributed by atoms with Gasteiger partial charge in [-0.05, 0) is 32.6 Å². The second-order valence-corrected chi connectivity index (χ2v) is 6.01. The fourth-order valence-corrected chi connectivity index (χ4v) is 2.46. The monoisotopic (exact) mass is 251 g/mol. The van der Waals surface area contributed by atoms with Crippen LogP contribution in [0.15, 0.2) is 6.20 Å². The van der Waals surface area contributed by atoms with Gasteiger partial charge < -0.3 is 14.6 Å². The lowest BCUT2D eigenvalue weighted by Gasteiger charge is -2.24. The Morgan fingerprint density at radius 3 is 2.94 bits per heavy atom. The number of nitrogens with one attached hydrogen (secondary N) is 1. The van der Waals surface area contributed by atoms with Gasteiger partial charge in [0.05, 0.1) is 11.3 Å². The molecule has 102 valence electrons. The van der Waals surface area contributed by atoms with Crippen molar-refractivity contribution < 1.29 is 4.74 Å². The highest BCUT2D eigenvalue weighted by atomic mass is 16.5. The molecule has 0 saturated carbocycles. The van der Waals surface area contributed by atoms with E-state index in [9.17, 15) is 0 Å². The van der Waals surface area contributed by atoms with Crippen LogP contribution in [0.2, 0.25) is 0 Å². The topological polar surface area (TPSA) is 39.1 Å². The number of nitrogens with zero attached hydrogens (tertiary/aromatic N) is 2. The largest absolute Gasteiger partial charge is 0.373 e. The molecular weight excluding hydrogens is 226 g/mol. The molecule has 0 aliphatic carbocycles. The van der Waals surface area contributed by atoms with Crippen molar-refractivity contribution in [2.45, 2.75) is 52.7 Å². The molecule has 1 atom stereocenters. The Balaban J connectivity index is 1.99. The van der Waals surface area contributed by atoms with Gasteiger partial charge in [0.15, 0.2) is 0 Å². The van der Waals surface area contributed by atoms with E-state index in [1.54, 1.807) is 0 Å². The summed E-state index contributed by atoms with van der Waals surface area (Å²) < 4.78 is 8.00. The first kappa shape index (κ1) is 13.4. The standard InChI is InChI=1S/C14H25N3O/c1-11(2)8-17-9-12(3)16-13(17)15-10-14(4)6-5-7-18-14/h9,11H,5-8,10H2,1-4H3,(H,15,16). The van der Waals surface area contributed by atoms with Gasteiger partial charge in [-0.25, -0.2) is 4.98 Å². The Bertz CT molecular complexity index is 392. The number of hydrogen-bond donors (Lipinski definition) is 1. The third kappa shape index (κ3) is 3.25. The SMILES string of the molecule is Cc1cn(CC(C)C)c(NCC2(C)CCCO2)n1. The molecule has 4 heteroatoms. The smallest absolute Gasteiger partial charge is 0.203 e. The molecule has 1 N–H and O–H groups in total. The third-order valence-electron chi connectivity index (χ3n) is 3.38. The molecule has 1 aliphatic rings. The average molecular weight is 251 g/mol. The summed E-state index contributed by atoms with van der Waals surface area (Å²) in [4.78, 5) is 4.55. The molecule has 2 rings (SSSR count). The van der Waals surface area contributed by atoms with Crippen molar-refractivity contribution in [3.8, 4) is 0 Å². The van der Waals surface area contributed by atoms with E-state index in [1.165, 1.54) is 0 Å². The van der Waals surface area contributed by atoms with E-state index in [-0.39, 0.29) is 5.60 Å². The van der Waals surface area contributed by atoms with Crippen LogP contribution in [0.5, 0.6) is 0 Å². The molecule has 4 nitrogen and oxygen atoms in total. The van der Waals surface area contributed by atoms with Crippen molar-refractivity contribution in [2.75, 3.05) is 18.5 Å². The molecule has 18 heavy (non-hydrogen) atoms. The minimum Gasteiger partial charge on any atom is -0.373 e. The molecule has 0 amide bonds. The number of imidazole rings is 1. The van der Waals surface area contributed by atoms with E-state index in [1.807, 2.05) is 6.92 Å². The normalized spacial score (nSPS) is 23.8. The van der Waals surface area contributed by atoms with E-state index >= 15 is 0 Å². The molecule has 2 heterocycles. The first-order valence-corrected chi connectivity index (χ1v) is 6.90. The molecular formula is C14H25N3O. The maximum atomic E-state index is 5.79. The number of hydrogen-bond acceptors (Lipinski definition) is 3. The van der Waals surface area contributed by atoms with Gasteiger partial charge in [0.25, 0.3) is 0 Å². The van der Waals surface area contributed by atoms with Gasteiger partial charge in [0, 0.05) is 25.9 Å². The summed E-state index contributed by atoms with van der Waals surface area (Å²) in [5, 5.41) is 3.45. The van der Waals surface area contributed by atoms with Gasteiger partial charge in [0.2, 0.25) is 5.95 Å². The lowest BCUT2D eigenvalue weighted by Crippen LogP contribution is -2.33. The van der Waals surface area contributed by atoms with Crippen LogP contribution in [0.25, 0.3) is 0 Å². The summed E-state index contributed by atoms with van der Waals surface area (Å²) in [5.74, 6) is 1.59. The summed E-state index contributed by atoms with van der Waals surface area (Å²) in [6.45, 7) is 11.4. The Hall–Kier alpha value is -1.03. The highest BCUT2D eigenvalue weighted by Crippen LogP contribution is 2.25. The number of anilines is 1. The molecule has 1 fully saturated rings. The van der Waals surface area contributed by atoms with Gasteiger partial charge in [-0.15, -0.1) is 0 Å². The number of ether oxygens (including phenoxy) is 1. The first-order chi connectivity index (χ1) is 8.48. The second-order valence-electron chi connectivity index (χ2n) is 6.01. The minimum absolute atomic E-state index is 0.0253. The lowest BCUT2D eigenvalue weighted by molar-refractivity contribution is 0.0313. The van der Waals surface area contributed by atoms with Crippen LogP contribution in [0, 0.1) is 12.8 Å². The van der Waals surface area contributed by atoms with Crippen molar-refractivity contribution in [1.29, 1.82) is 0 Å². The summed E-state index contributed by atoms with van der Waals surface area (Å²) in [6.07, 6.45) is 4.40. The van der Waals surface area contributed by atoms with Crippen LogP contribution in [-0.2, 0) is 11.3 Å². The summed E-state index contributed by atoms with van der Waals surface area (Å²) >= 11 is 0. The predicted molar refractivity (Wildman–Crippen MR) is 73.9 cm³/mol. The van der Waals surface area contributed by atoms with Crippen LogP contribution in [0.4, 0.5) is 5.95 Å². The highest BCUT2D eigenvalue weighted by Gasteiger charge is 2.29. The van der Waals surface area contributed by atoms with Crippen molar-refractivity contribution in [3.05, 3.63) is 11.9 Å². The lowest BCUT2D eigenvalue weighted by atomic mass is 10.0. The quantitative estimate of drug-likeness (QED) is 0.874. The summed E-state index contributed by atoms with van der Waals surface area (Å²) in [5.41, 5.74) is 1.04. The second kappa shape index (κ2) is 5.31. The predicted octanol–water partition coefficient (Wildman–Crippen LogP) is 2.83. The molecule has 1 saturated heterocycles. The fourth-order valence-electron chi connectivity index (χ4n) is 2.46. The fraction of sp³-hybridized carbons (Fsp3) is 0.786. The van der Waals surface area contributed by atoms with Gasteiger partial charge in [-0.1, -0.05) is 13.8 Å². The molecule has 1 aromatic rings. The number of aryl methyl sites for hydroxylation is 1. The van der Waals surface area contributed by atoms with Crippen molar-refractivity contribution >= 4 is 5.95 Å². The Labute approximate surface area is 110 Å². The van der Waals surface area contributed by atoms with Crippen molar-refractivity contribution in [2.24, 2.45) is 5.92 Å². The molecule has 1 unspecified atom stereocenters.